The molecule has 0 radical (unpaired) electrons. The van der Waals surface area contributed by atoms with Crippen LogP contribution in [-0.2, 0) is 4.79 Å². The summed E-state index contributed by atoms with van der Waals surface area (Å²) in [6.07, 6.45) is 9.17. The molecule has 0 saturated heterocycles. The Balaban J connectivity index is 1.51. The molecule has 0 bridgehead atoms. The molecule has 2 aromatic heterocycles. The molecule has 5 heteroatoms. The molecule has 132 valence electrons. The molecule has 0 unspecified atom stereocenters. The van der Waals surface area contributed by atoms with E-state index in [4.69, 9.17) is 4.98 Å². The van der Waals surface area contributed by atoms with Crippen molar-refractivity contribution in [2.45, 2.75) is 32.1 Å². The first-order valence-corrected chi connectivity index (χ1v) is 9.95. The highest BCUT2D eigenvalue weighted by Crippen LogP contribution is 2.30. The molecule has 1 aliphatic rings. The number of aromatic nitrogens is 2. The summed E-state index contributed by atoms with van der Waals surface area (Å²) in [4.78, 5) is 21.4. The molecule has 1 N–H and O–H groups in total. The van der Waals surface area contributed by atoms with Crippen molar-refractivity contribution in [1.29, 1.82) is 0 Å². The van der Waals surface area contributed by atoms with Crippen molar-refractivity contribution in [2.75, 3.05) is 5.32 Å². The summed E-state index contributed by atoms with van der Waals surface area (Å²) in [5.41, 5.74) is 3.79. The smallest absolute Gasteiger partial charge is 0.227 e. The van der Waals surface area contributed by atoms with Crippen LogP contribution < -0.4 is 5.32 Å². The fraction of sp³-hybridized carbons (Fsp3) is 0.286. The maximum atomic E-state index is 12.5. The van der Waals surface area contributed by atoms with E-state index < -0.39 is 0 Å². The number of benzene rings is 1. The lowest BCUT2D eigenvalue weighted by atomic mass is 9.88. The number of amides is 1. The van der Waals surface area contributed by atoms with Gasteiger partial charge in [0.2, 0.25) is 5.91 Å². The van der Waals surface area contributed by atoms with E-state index in [0.29, 0.717) is 0 Å². The summed E-state index contributed by atoms with van der Waals surface area (Å²) in [7, 11) is 0. The lowest BCUT2D eigenvalue weighted by molar-refractivity contribution is -0.120. The van der Waals surface area contributed by atoms with Crippen LogP contribution >= 0.6 is 11.3 Å². The summed E-state index contributed by atoms with van der Waals surface area (Å²) >= 11 is 1.60. The molecule has 2 heterocycles. The number of rotatable bonds is 4. The highest BCUT2D eigenvalue weighted by atomic mass is 32.1. The molecule has 1 fully saturated rings. The Morgan fingerprint density at radius 3 is 2.73 bits per heavy atom. The number of nitrogens with zero attached hydrogens (tertiary/aromatic N) is 2. The zero-order valence-electron chi connectivity index (χ0n) is 14.5. The first kappa shape index (κ1) is 16.9. The predicted octanol–water partition coefficient (Wildman–Crippen LogP) is 5.39. The Hall–Kier alpha value is -2.53. The first-order valence-electron chi connectivity index (χ1n) is 9.07. The second kappa shape index (κ2) is 7.79. The van der Waals surface area contributed by atoms with Gasteiger partial charge in [0.05, 0.1) is 5.69 Å². The average molecular weight is 363 g/mol. The third kappa shape index (κ3) is 3.83. The lowest BCUT2D eigenvalue weighted by Gasteiger charge is -2.20. The van der Waals surface area contributed by atoms with Crippen LogP contribution in [0.5, 0.6) is 0 Å². The number of carbonyl (C=O) groups excluding carboxylic acids is 1. The molecule has 4 rings (SSSR count). The van der Waals surface area contributed by atoms with E-state index in [1.807, 2.05) is 48.0 Å². The van der Waals surface area contributed by atoms with Crippen molar-refractivity contribution >= 4 is 22.9 Å². The minimum Gasteiger partial charge on any atom is -0.326 e. The van der Waals surface area contributed by atoms with Crippen LogP contribution in [0.2, 0.25) is 0 Å². The summed E-state index contributed by atoms with van der Waals surface area (Å²) in [6.45, 7) is 0. The van der Waals surface area contributed by atoms with Crippen LogP contribution in [0.1, 0.15) is 32.1 Å². The van der Waals surface area contributed by atoms with E-state index in [1.54, 1.807) is 17.5 Å². The first-order chi connectivity index (χ1) is 12.8. The molecule has 0 aliphatic heterocycles. The Morgan fingerprint density at radius 2 is 1.92 bits per heavy atom. The van der Waals surface area contributed by atoms with Gasteiger partial charge in [-0.25, -0.2) is 4.98 Å². The summed E-state index contributed by atoms with van der Waals surface area (Å²) in [6, 6.07) is 11.9. The Bertz CT molecular complexity index is 885. The number of nitrogens with one attached hydrogen (secondary N) is 1. The van der Waals surface area contributed by atoms with E-state index in [-0.39, 0.29) is 11.8 Å². The number of hydrogen-bond acceptors (Lipinski definition) is 4. The van der Waals surface area contributed by atoms with Gasteiger partial charge in [0.1, 0.15) is 5.01 Å². The number of carbonyl (C=O) groups is 1. The molecule has 26 heavy (non-hydrogen) atoms. The van der Waals surface area contributed by atoms with Crippen LogP contribution in [0.15, 0.2) is 54.2 Å². The van der Waals surface area contributed by atoms with Crippen molar-refractivity contribution in [3.63, 3.8) is 0 Å². The number of pyridine rings is 1. The van der Waals surface area contributed by atoms with E-state index in [2.05, 4.69) is 10.3 Å². The zero-order valence-corrected chi connectivity index (χ0v) is 15.3. The minimum absolute atomic E-state index is 0.149. The molecule has 1 aromatic carbocycles. The Kier molecular flexibility index (Phi) is 5.07. The van der Waals surface area contributed by atoms with E-state index >= 15 is 0 Å². The normalized spacial score (nSPS) is 14.9. The quantitative estimate of drug-likeness (QED) is 0.676. The fourth-order valence-electron chi connectivity index (χ4n) is 3.39. The Labute approximate surface area is 157 Å². The van der Waals surface area contributed by atoms with Gasteiger partial charge in [-0.1, -0.05) is 31.4 Å². The fourth-order valence-corrected chi connectivity index (χ4v) is 4.21. The molecular formula is C21H21N3OS. The standard InChI is InChI=1S/C21H21N3OS/c25-20(15-6-2-1-3-7-15)23-18-10-4-8-16(12-18)19-14-26-21(24-19)17-9-5-11-22-13-17/h4-5,8-15H,1-3,6-7H2,(H,23,25). The second-order valence-electron chi connectivity index (χ2n) is 6.68. The van der Waals surface area contributed by atoms with Gasteiger partial charge < -0.3 is 5.32 Å². The molecule has 0 spiro atoms. The molecule has 0 atom stereocenters. The van der Waals surface area contributed by atoms with Crippen LogP contribution in [0.3, 0.4) is 0 Å². The SMILES string of the molecule is O=C(Nc1cccc(-c2csc(-c3cccnc3)n2)c1)C1CCCCC1. The topological polar surface area (TPSA) is 54.9 Å². The minimum atomic E-state index is 0.149. The van der Waals surface area contributed by atoms with Gasteiger partial charge in [-0.05, 0) is 37.1 Å². The Morgan fingerprint density at radius 1 is 1.08 bits per heavy atom. The molecule has 4 nitrogen and oxygen atoms in total. The lowest BCUT2D eigenvalue weighted by Crippen LogP contribution is -2.24. The largest absolute Gasteiger partial charge is 0.326 e. The monoisotopic (exact) mass is 363 g/mol. The second-order valence-corrected chi connectivity index (χ2v) is 7.54. The van der Waals surface area contributed by atoms with Gasteiger partial charge in [0.25, 0.3) is 0 Å². The zero-order chi connectivity index (χ0) is 17.8. The maximum absolute atomic E-state index is 12.5. The molecule has 1 saturated carbocycles. The highest BCUT2D eigenvalue weighted by molar-refractivity contribution is 7.13. The van der Waals surface area contributed by atoms with Crippen molar-refractivity contribution in [3.05, 3.63) is 54.2 Å². The number of thiazole rings is 1. The molecular weight excluding hydrogens is 342 g/mol. The summed E-state index contributed by atoms with van der Waals surface area (Å²) in [5, 5.41) is 6.08. The molecule has 1 amide bonds. The predicted molar refractivity (Wildman–Crippen MR) is 106 cm³/mol. The van der Waals surface area contributed by atoms with E-state index in [1.165, 1.54) is 6.42 Å². The summed E-state index contributed by atoms with van der Waals surface area (Å²) < 4.78 is 0. The third-order valence-corrected chi connectivity index (χ3v) is 5.71. The van der Waals surface area contributed by atoms with Crippen LogP contribution in [-0.4, -0.2) is 15.9 Å². The van der Waals surface area contributed by atoms with Gasteiger partial charge in [-0.2, -0.15) is 0 Å². The molecule has 1 aliphatic carbocycles. The van der Waals surface area contributed by atoms with Crippen molar-refractivity contribution in [2.24, 2.45) is 5.92 Å². The number of anilines is 1. The maximum Gasteiger partial charge on any atom is 0.227 e. The van der Waals surface area contributed by atoms with Gasteiger partial charge >= 0.3 is 0 Å². The van der Waals surface area contributed by atoms with Crippen LogP contribution in [0.4, 0.5) is 5.69 Å². The van der Waals surface area contributed by atoms with Gasteiger partial charge in [0.15, 0.2) is 0 Å². The van der Waals surface area contributed by atoms with Crippen molar-refractivity contribution in [3.8, 4) is 21.8 Å². The van der Waals surface area contributed by atoms with E-state index in [0.717, 1.165) is 53.2 Å². The highest BCUT2D eigenvalue weighted by Gasteiger charge is 2.21. The van der Waals surface area contributed by atoms with Gasteiger partial charge in [0, 0.05) is 40.5 Å². The van der Waals surface area contributed by atoms with Crippen LogP contribution in [0, 0.1) is 5.92 Å². The van der Waals surface area contributed by atoms with E-state index in [9.17, 15) is 4.79 Å². The van der Waals surface area contributed by atoms with Crippen molar-refractivity contribution in [1.82, 2.24) is 9.97 Å². The molecule has 3 aromatic rings. The third-order valence-electron chi connectivity index (χ3n) is 4.81. The number of hydrogen-bond donors (Lipinski definition) is 1. The van der Waals surface area contributed by atoms with Crippen LogP contribution in [0.25, 0.3) is 21.8 Å². The average Bonchev–Trinajstić information content (AvgIpc) is 3.20. The summed E-state index contributed by atoms with van der Waals surface area (Å²) in [5.74, 6) is 0.306. The van der Waals surface area contributed by atoms with Gasteiger partial charge in [-0.15, -0.1) is 11.3 Å². The van der Waals surface area contributed by atoms with Crippen molar-refractivity contribution < 1.29 is 4.79 Å². The van der Waals surface area contributed by atoms with Gasteiger partial charge in [-0.3, -0.25) is 9.78 Å².